The summed E-state index contributed by atoms with van der Waals surface area (Å²) in [5.41, 5.74) is 1.82. The molecule has 0 aromatic heterocycles. The highest BCUT2D eigenvalue weighted by atomic mass is 19.1. The fourth-order valence-electron chi connectivity index (χ4n) is 4.97. The van der Waals surface area contributed by atoms with Crippen LogP contribution in [0.5, 0.6) is 0 Å². The minimum Gasteiger partial charge on any atom is -0.445 e. The molecule has 2 aliphatic rings. The number of amides is 1. The summed E-state index contributed by atoms with van der Waals surface area (Å²) in [7, 11) is 0. The van der Waals surface area contributed by atoms with Gasteiger partial charge >= 0.3 is 6.09 Å². The first-order valence-electron chi connectivity index (χ1n) is 12.6. The average molecular weight is 467 g/mol. The molecule has 2 fully saturated rings. The van der Waals surface area contributed by atoms with Gasteiger partial charge in [-0.05, 0) is 87.9 Å². The van der Waals surface area contributed by atoms with Crippen LogP contribution < -0.4 is 0 Å². The number of carbonyl (C=O) groups is 2. The molecule has 0 radical (unpaired) electrons. The lowest BCUT2D eigenvalue weighted by molar-refractivity contribution is 0.0295. The summed E-state index contributed by atoms with van der Waals surface area (Å²) in [5, 5.41) is 0. The largest absolute Gasteiger partial charge is 0.445 e. The van der Waals surface area contributed by atoms with E-state index in [0.717, 1.165) is 64.7 Å². The second-order valence-electron chi connectivity index (χ2n) is 9.52. The smallest absolute Gasteiger partial charge is 0.410 e. The lowest BCUT2D eigenvalue weighted by Crippen LogP contribution is -2.44. The van der Waals surface area contributed by atoms with Gasteiger partial charge in [0, 0.05) is 31.1 Å². The number of halogens is 1. The molecule has 4 rings (SSSR count). The highest BCUT2D eigenvalue weighted by Crippen LogP contribution is 2.23. The molecule has 0 aliphatic carbocycles. The molecule has 2 saturated heterocycles. The number of ketones is 1. The highest BCUT2D eigenvalue weighted by molar-refractivity contribution is 5.97. The maximum atomic E-state index is 13.2. The summed E-state index contributed by atoms with van der Waals surface area (Å²) in [6, 6.07) is 16.1. The number of aryl methyl sites for hydroxylation is 1. The topological polar surface area (TPSA) is 49.9 Å². The van der Waals surface area contributed by atoms with E-state index in [-0.39, 0.29) is 29.7 Å². The third kappa shape index (κ3) is 6.89. The molecule has 0 saturated carbocycles. The van der Waals surface area contributed by atoms with Crippen LogP contribution in [0, 0.1) is 11.7 Å². The molecule has 6 heteroatoms. The van der Waals surface area contributed by atoms with Crippen LogP contribution in [0.2, 0.25) is 0 Å². The molecule has 1 unspecified atom stereocenters. The Hall–Kier alpha value is -2.73. The van der Waals surface area contributed by atoms with Crippen LogP contribution in [0.25, 0.3) is 0 Å². The van der Waals surface area contributed by atoms with Crippen LogP contribution in [-0.4, -0.2) is 60.5 Å². The number of hydrogen-bond acceptors (Lipinski definition) is 4. The molecule has 1 atom stereocenters. The van der Waals surface area contributed by atoms with Crippen molar-refractivity contribution in [1.82, 2.24) is 9.80 Å². The number of hydrogen-bond donors (Lipinski definition) is 0. The Morgan fingerprint density at radius 1 is 0.912 bits per heavy atom. The van der Waals surface area contributed by atoms with Crippen LogP contribution in [0.15, 0.2) is 54.6 Å². The van der Waals surface area contributed by atoms with Gasteiger partial charge in [-0.3, -0.25) is 9.69 Å². The summed E-state index contributed by atoms with van der Waals surface area (Å²) in [6.07, 6.45) is 6.05. The van der Waals surface area contributed by atoms with Gasteiger partial charge in [0.05, 0.1) is 0 Å². The molecule has 2 aromatic carbocycles. The quantitative estimate of drug-likeness (QED) is 0.493. The molecule has 0 N–H and O–H groups in total. The Labute approximate surface area is 201 Å². The number of rotatable bonds is 8. The number of likely N-dealkylation sites (tertiary alicyclic amines) is 2. The van der Waals surface area contributed by atoms with E-state index >= 15 is 0 Å². The van der Waals surface area contributed by atoms with E-state index in [2.05, 4.69) is 17.0 Å². The SMILES string of the molecule is O=C(c1ccc(F)cc1)C1CCN(CC(CCc2ccccc2)OC(=O)N2CCCCC2)CC1. The summed E-state index contributed by atoms with van der Waals surface area (Å²) in [6.45, 7) is 3.83. The molecule has 1 amide bonds. The standard InChI is InChI=1S/C28H35FN2O3/c29-25-12-10-23(11-13-25)27(32)24-15-19-30(20-16-24)21-26(14-9-22-7-3-1-4-8-22)34-28(33)31-17-5-2-6-18-31/h1,3-4,7-8,10-13,24,26H,2,5-6,9,14-21H2. The first-order chi connectivity index (χ1) is 16.6. The summed E-state index contributed by atoms with van der Waals surface area (Å²) < 4.78 is 19.2. The van der Waals surface area contributed by atoms with Crippen LogP contribution in [0.1, 0.15) is 54.4 Å². The number of benzene rings is 2. The molecule has 2 aromatic rings. The Kier molecular flexibility index (Phi) is 8.69. The number of nitrogens with zero attached hydrogens (tertiary/aromatic N) is 2. The number of piperidine rings is 2. The van der Waals surface area contributed by atoms with Gasteiger partial charge in [0.15, 0.2) is 5.78 Å². The van der Waals surface area contributed by atoms with Crippen molar-refractivity contribution in [3.63, 3.8) is 0 Å². The van der Waals surface area contributed by atoms with Crippen molar-refractivity contribution in [1.29, 1.82) is 0 Å². The lowest BCUT2D eigenvalue weighted by Gasteiger charge is -2.34. The number of ether oxygens (including phenoxy) is 1. The molecule has 0 spiro atoms. The molecule has 2 aliphatic heterocycles. The summed E-state index contributed by atoms with van der Waals surface area (Å²) in [5.74, 6) is -0.274. The summed E-state index contributed by atoms with van der Waals surface area (Å²) in [4.78, 5) is 29.8. The van der Waals surface area contributed by atoms with Gasteiger partial charge in [0.1, 0.15) is 11.9 Å². The van der Waals surface area contributed by atoms with Crippen molar-refractivity contribution >= 4 is 11.9 Å². The monoisotopic (exact) mass is 466 g/mol. The molecule has 2 heterocycles. The van der Waals surface area contributed by atoms with Gasteiger partial charge in [-0.1, -0.05) is 30.3 Å². The minimum atomic E-state index is -0.327. The van der Waals surface area contributed by atoms with Crippen molar-refractivity contribution in [2.24, 2.45) is 5.92 Å². The Morgan fingerprint density at radius 2 is 1.59 bits per heavy atom. The molecular formula is C28H35FN2O3. The van der Waals surface area contributed by atoms with E-state index in [0.29, 0.717) is 12.1 Å². The lowest BCUT2D eigenvalue weighted by atomic mass is 9.88. The second-order valence-corrected chi connectivity index (χ2v) is 9.52. The van der Waals surface area contributed by atoms with Crippen LogP contribution in [-0.2, 0) is 11.2 Å². The number of carbonyl (C=O) groups excluding carboxylic acids is 2. The van der Waals surface area contributed by atoms with Gasteiger partial charge < -0.3 is 9.64 Å². The first kappa shape index (κ1) is 24.4. The second kappa shape index (κ2) is 12.1. The van der Waals surface area contributed by atoms with E-state index in [1.165, 1.54) is 24.1 Å². The first-order valence-corrected chi connectivity index (χ1v) is 12.6. The van der Waals surface area contributed by atoms with Gasteiger partial charge in [0.2, 0.25) is 0 Å². The van der Waals surface area contributed by atoms with Crippen LogP contribution in [0.4, 0.5) is 9.18 Å². The van der Waals surface area contributed by atoms with Crippen LogP contribution >= 0.6 is 0 Å². The van der Waals surface area contributed by atoms with Crippen molar-refractivity contribution in [3.8, 4) is 0 Å². The van der Waals surface area contributed by atoms with Gasteiger partial charge in [-0.15, -0.1) is 0 Å². The molecule has 5 nitrogen and oxygen atoms in total. The fraction of sp³-hybridized carbons (Fsp3) is 0.500. The van der Waals surface area contributed by atoms with E-state index in [1.54, 1.807) is 12.1 Å². The molecule has 182 valence electrons. The Balaban J connectivity index is 1.32. The Bertz CT molecular complexity index is 920. The van der Waals surface area contributed by atoms with Crippen molar-refractivity contribution in [2.45, 2.75) is 51.0 Å². The zero-order chi connectivity index (χ0) is 23.8. The van der Waals surface area contributed by atoms with E-state index in [9.17, 15) is 14.0 Å². The minimum absolute atomic E-state index is 0.0413. The van der Waals surface area contributed by atoms with Crippen molar-refractivity contribution in [2.75, 3.05) is 32.7 Å². The van der Waals surface area contributed by atoms with Gasteiger partial charge in [0.25, 0.3) is 0 Å². The molecular weight excluding hydrogens is 431 g/mol. The van der Waals surface area contributed by atoms with E-state index < -0.39 is 0 Å². The maximum absolute atomic E-state index is 13.2. The van der Waals surface area contributed by atoms with E-state index in [4.69, 9.17) is 4.74 Å². The number of Topliss-reactive ketones (excluding diaryl/α,β-unsaturated/α-hetero) is 1. The predicted molar refractivity (Wildman–Crippen MR) is 130 cm³/mol. The fourth-order valence-corrected chi connectivity index (χ4v) is 4.97. The maximum Gasteiger partial charge on any atom is 0.410 e. The average Bonchev–Trinajstić information content (AvgIpc) is 2.89. The molecule has 34 heavy (non-hydrogen) atoms. The van der Waals surface area contributed by atoms with E-state index in [1.807, 2.05) is 23.1 Å². The Morgan fingerprint density at radius 3 is 2.26 bits per heavy atom. The van der Waals surface area contributed by atoms with Gasteiger partial charge in [-0.2, -0.15) is 0 Å². The summed E-state index contributed by atoms with van der Waals surface area (Å²) >= 11 is 0. The highest BCUT2D eigenvalue weighted by Gasteiger charge is 2.29. The van der Waals surface area contributed by atoms with Crippen LogP contribution in [0.3, 0.4) is 0 Å². The molecule has 0 bridgehead atoms. The van der Waals surface area contributed by atoms with Crippen molar-refractivity contribution in [3.05, 3.63) is 71.5 Å². The third-order valence-electron chi connectivity index (χ3n) is 7.03. The van der Waals surface area contributed by atoms with Gasteiger partial charge in [-0.25, -0.2) is 9.18 Å². The third-order valence-corrected chi connectivity index (χ3v) is 7.03. The normalized spacial score (nSPS) is 18.4. The van der Waals surface area contributed by atoms with Crippen molar-refractivity contribution < 1.29 is 18.7 Å². The zero-order valence-corrected chi connectivity index (χ0v) is 19.8. The zero-order valence-electron chi connectivity index (χ0n) is 19.8. The predicted octanol–water partition coefficient (Wildman–Crippen LogP) is 5.34.